The predicted molar refractivity (Wildman–Crippen MR) is 55.2 cm³/mol. The van der Waals surface area contributed by atoms with Gasteiger partial charge in [-0.3, -0.25) is 4.74 Å². The number of ether oxygens (including phenoxy) is 1. The summed E-state index contributed by atoms with van der Waals surface area (Å²) in [5, 5.41) is 0. The highest BCUT2D eigenvalue weighted by atomic mass is 79.9. The van der Waals surface area contributed by atoms with Gasteiger partial charge in [0, 0.05) is 4.47 Å². The highest BCUT2D eigenvalue weighted by molar-refractivity contribution is 9.10. The molecule has 1 nitrogen and oxygen atoms in total. The maximum Gasteiger partial charge on any atom is 0.522 e. The van der Waals surface area contributed by atoms with E-state index in [1.165, 1.54) is 0 Å². The van der Waals surface area contributed by atoms with Crippen LogP contribution in [0.2, 0.25) is 0 Å². The lowest BCUT2D eigenvalue weighted by Crippen LogP contribution is -2.14. The van der Waals surface area contributed by atoms with Crippen molar-refractivity contribution >= 4 is 21.5 Å². The first-order chi connectivity index (χ1) is 6.88. The van der Waals surface area contributed by atoms with Crippen molar-refractivity contribution in [1.82, 2.24) is 0 Å². The van der Waals surface area contributed by atoms with Crippen LogP contribution in [-0.2, 0) is 4.74 Å². The molecule has 0 aliphatic rings. The van der Waals surface area contributed by atoms with E-state index in [1.807, 2.05) is 0 Å². The van der Waals surface area contributed by atoms with Crippen LogP contribution in [0.3, 0.4) is 0 Å². The molecule has 0 aliphatic heterocycles. The van der Waals surface area contributed by atoms with Crippen LogP contribution in [0, 0.1) is 0 Å². The van der Waals surface area contributed by atoms with E-state index in [0.717, 1.165) is 4.47 Å². The third-order valence-corrected chi connectivity index (χ3v) is 2.19. The fourth-order valence-corrected chi connectivity index (χ4v) is 1.20. The minimum Gasteiger partial charge on any atom is -0.287 e. The summed E-state index contributed by atoms with van der Waals surface area (Å²) in [6, 6.07) is 6.81. The standard InChI is InChI=1S/C10H8BrF3O/c1-7(6-15-10(12,13)14)8-2-4-9(11)5-3-8/h2-5H,1,6H2. The van der Waals surface area contributed by atoms with E-state index in [9.17, 15) is 13.2 Å². The second-order valence-corrected chi connectivity index (χ2v) is 3.76. The molecule has 82 valence electrons. The molecular formula is C10H8BrF3O. The van der Waals surface area contributed by atoms with E-state index in [-0.39, 0.29) is 0 Å². The Labute approximate surface area is 93.7 Å². The SMILES string of the molecule is C=C(COC(F)(F)F)c1ccc(Br)cc1. The molecule has 0 amide bonds. The summed E-state index contributed by atoms with van der Waals surface area (Å²) in [6.45, 7) is 2.97. The Hall–Kier alpha value is -0.810. The average Bonchev–Trinajstić information content (AvgIpc) is 2.14. The first kappa shape index (κ1) is 12.3. The summed E-state index contributed by atoms with van der Waals surface area (Å²) >= 11 is 3.22. The van der Waals surface area contributed by atoms with Crippen molar-refractivity contribution < 1.29 is 17.9 Å². The summed E-state index contributed by atoms with van der Waals surface area (Å²) in [4.78, 5) is 0. The first-order valence-corrected chi connectivity index (χ1v) is 4.82. The van der Waals surface area contributed by atoms with Crippen LogP contribution in [0.5, 0.6) is 0 Å². The highest BCUT2D eigenvalue weighted by Crippen LogP contribution is 2.21. The van der Waals surface area contributed by atoms with E-state index in [2.05, 4.69) is 27.2 Å². The van der Waals surface area contributed by atoms with Gasteiger partial charge in [-0.1, -0.05) is 34.6 Å². The van der Waals surface area contributed by atoms with Gasteiger partial charge in [-0.2, -0.15) is 0 Å². The van der Waals surface area contributed by atoms with Gasteiger partial charge in [0.05, 0.1) is 6.61 Å². The predicted octanol–water partition coefficient (Wildman–Crippen LogP) is 4.00. The molecule has 0 aromatic heterocycles. The van der Waals surface area contributed by atoms with Crippen LogP contribution in [0.1, 0.15) is 5.56 Å². The van der Waals surface area contributed by atoms with Crippen molar-refractivity contribution in [3.63, 3.8) is 0 Å². The molecule has 5 heteroatoms. The van der Waals surface area contributed by atoms with Gasteiger partial charge in [-0.05, 0) is 23.3 Å². The van der Waals surface area contributed by atoms with Crippen molar-refractivity contribution in [2.45, 2.75) is 6.36 Å². The fraction of sp³-hybridized carbons (Fsp3) is 0.200. The van der Waals surface area contributed by atoms with Gasteiger partial charge in [-0.15, -0.1) is 13.2 Å². The zero-order valence-electron chi connectivity index (χ0n) is 7.64. The fourth-order valence-electron chi connectivity index (χ4n) is 0.938. The van der Waals surface area contributed by atoms with Crippen LogP contribution in [0.25, 0.3) is 5.57 Å². The number of hydrogen-bond acceptors (Lipinski definition) is 1. The summed E-state index contributed by atoms with van der Waals surface area (Å²) in [7, 11) is 0. The molecule has 0 heterocycles. The molecule has 0 saturated heterocycles. The molecule has 0 N–H and O–H groups in total. The highest BCUT2D eigenvalue weighted by Gasteiger charge is 2.29. The van der Waals surface area contributed by atoms with Crippen molar-refractivity contribution in [1.29, 1.82) is 0 Å². The molecular weight excluding hydrogens is 273 g/mol. The Kier molecular flexibility index (Phi) is 3.93. The minimum absolute atomic E-state index is 0.292. The molecule has 15 heavy (non-hydrogen) atoms. The second kappa shape index (κ2) is 4.81. The zero-order valence-corrected chi connectivity index (χ0v) is 9.23. The molecule has 0 saturated carbocycles. The van der Waals surface area contributed by atoms with E-state index < -0.39 is 13.0 Å². The first-order valence-electron chi connectivity index (χ1n) is 4.03. The third kappa shape index (κ3) is 4.48. The molecule has 0 spiro atoms. The molecule has 1 aromatic carbocycles. The third-order valence-electron chi connectivity index (χ3n) is 1.66. The van der Waals surface area contributed by atoms with Crippen LogP contribution in [0.15, 0.2) is 35.3 Å². The van der Waals surface area contributed by atoms with Crippen LogP contribution in [0.4, 0.5) is 13.2 Å². The lowest BCUT2D eigenvalue weighted by molar-refractivity contribution is -0.318. The Morgan fingerprint density at radius 2 is 1.80 bits per heavy atom. The van der Waals surface area contributed by atoms with Crippen LogP contribution < -0.4 is 0 Å². The monoisotopic (exact) mass is 280 g/mol. The van der Waals surface area contributed by atoms with Gasteiger partial charge >= 0.3 is 6.36 Å². The molecule has 0 radical (unpaired) electrons. The summed E-state index contributed by atoms with van der Waals surface area (Å²) in [5.74, 6) is 0. The van der Waals surface area contributed by atoms with Crippen molar-refractivity contribution in [3.8, 4) is 0 Å². The van der Waals surface area contributed by atoms with Crippen molar-refractivity contribution in [2.75, 3.05) is 6.61 Å². The zero-order chi connectivity index (χ0) is 11.5. The van der Waals surface area contributed by atoms with Gasteiger partial charge in [0.25, 0.3) is 0 Å². The van der Waals surface area contributed by atoms with Gasteiger partial charge < -0.3 is 0 Å². The van der Waals surface area contributed by atoms with E-state index >= 15 is 0 Å². The lowest BCUT2D eigenvalue weighted by Gasteiger charge is -2.09. The summed E-state index contributed by atoms with van der Waals surface area (Å²) in [6.07, 6.45) is -4.61. The number of alkyl halides is 3. The second-order valence-electron chi connectivity index (χ2n) is 2.84. The maximum atomic E-state index is 11.7. The molecule has 0 atom stereocenters. The number of hydrogen-bond donors (Lipinski definition) is 0. The smallest absolute Gasteiger partial charge is 0.287 e. The normalized spacial score (nSPS) is 11.5. The Balaban J connectivity index is 2.58. The lowest BCUT2D eigenvalue weighted by atomic mass is 10.1. The van der Waals surface area contributed by atoms with E-state index in [0.29, 0.717) is 11.1 Å². The number of halogens is 4. The van der Waals surface area contributed by atoms with Gasteiger partial charge in [-0.25, -0.2) is 0 Å². The molecule has 0 aliphatic carbocycles. The van der Waals surface area contributed by atoms with Crippen molar-refractivity contribution in [2.24, 2.45) is 0 Å². The molecule has 1 rings (SSSR count). The number of benzene rings is 1. The molecule has 0 bridgehead atoms. The topological polar surface area (TPSA) is 9.23 Å². The quantitative estimate of drug-likeness (QED) is 0.813. The van der Waals surface area contributed by atoms with Gasteiger partial charge in [0.15, 0.2) is 0 Å². The minimum atomic E-state index is -4.61. The largest absolute Gasteiger partial charge is 0.522 e. The van der Waals surface area contributed by atoms with Crippen LogP contribution in [-0.4, -0.2) is 13.0 Å². The van der Waals surface area contributed by atoms with E-state index in [1.54, 1.807) is 24.3 Å². The molecule has 0 unspecified atom stereocenters. The Bertz CT molecular complexity index is 343. The average molecular weight is 281 g/mol. The molecule has 1 aromatic rings. The number of rotatable bonds is 3. The van der Waals surface area contributed by atoms with Gasteiger partial charge in [0.2, 0.25) is 0 Å². The van der Waals surface area contributed by atoms with Gasteiger partial charge in [0.1, 0.15) is 0 Å². The summed E-state index contributed by atoms with van der Waals surface area (Å²) in [5.41, 5.74) is 0.919. The van der Waals surface area contributed by atoms with E-state index in [4.69, 9.17) is 0 Å². The van der Waals surface area contributed by atoms with Crippen LogP contribution >= 0.6 is 15.9 Å². The Morgan fingerprint density at radius 3 is 2.27 bits per heavy atom. The summed E-state index contributed by atoms with van der Waals surface area (Å²) < 4.78 is 39.7. The molecule has 0 fully saturated rings. The van der Waals surface area contributed by atoms with Crippen molar-refractivity contribution in [3.05, 3.63) is 40.9 Å². The Morgan fingerprint density at radius 1 is 1.27 bits per heavy atom. The maximum absolute atomic E-state index is 11.7.